The van der Waals surface area contributed by atoms with Crippen LogP contribution in [0.25, 0.3) is 0 Å². The first kappa shape index (κ1) is 21.9. The molecule has 3 heterocycles. The fourth-order valence-electron chi connectivity index (χ4n) is 5.68. The number of rotatable bonds is 5. The molecule has 5 atom stereocenters. The molecule has 0 bridgehead atoms. The molecule has 172 valence electrons. The third kappa shape index (κ3) is 4.56. The van der Waals surface area contributed by atoms with Crippen LogP contribution in [0.1, 0.15) is 35.9 Å². The van der Waals surface area contributed by atoms with Gasteiger partial charge in [-0.15, -0.1) is 0 Å². The zero-order chi connectivity index (χ0) is 22.1. The lowest BCUT2D eigenvalue weighted by atomic mass is 9.80. The standard InChI is InChI=1S/C24H30F3N5/c25-18-5-3-15(4-6-18)23-17(11-28-30-23)14-32-9-1-2-16(13-32)24-21(12-29-31-24)20-10-19(26)7-8-22(20)27/h3-8,10,16-17,21,23-24,28-31H,1-2,9,11-14H2. The zero-order valence-electron chi connectivity index (χ0n) is 18.0. The van der Waals surface area contributed by atoms with Gasteiger partial charge < -0.3 is 4.90 Å². The van der Waals surface area contributed by atoms with Gasteiger partial charge in [0.05, 0.1) is 6.04 Å². The summed E-state index contributed by atoms with van der Waals surface area (Å²) in [5.74, 6) is -0.354. The Kier molecular flexibility index (Phi) is 6.48. The van der Waals surface area contributed by atoms with Crippen LogP contribution in [-0.4, -0.2) is 43.7 Å². The predicted octanol–water partition coefficient (Wildman–Crippen LogP) is 2.84. The van der Waals surface area contributed by atoms with Crippen LogP contribution >= 0.6 is 0 Å². The Bertz CT molecular complexity index is 924. The van der Waals surface area contributed by atoms with Crippen LogP contribution in [0.5, 0.6) is 0 Å². The lowest BCUT2D eigenvalue weighted by Gasteiger charge is -2.39. The van der Waals surface area contributed by atoms with Crippen LogP contribution in [0.15, 0.2) is 42.5 Å². The van der Waals surface area contributed by atoms with Gasteiger partial charge in [0.1, 0.15) is 17.5 Å². The molecule has 32 heavy (non-hydrogen) atoms. The van der Waals surface area contributed by atoms with E-state index in [1.165, 1.54) is 30.3 Å². The average Bonchev–Trinajstić information content (AvgIpc) is 3.46. The fraction of sp³-hybridized carbons (Fsp3) is 0.500. The molecule has 8 heteroatoms. The smallest absolute Gasteiger partial charge is 0.126 e. The van der Waals surface area contributed by atoms with Crippen LogP contribution in [0.4, 0.5) is 13.2 Å². The van der Waals surface area contributed by atoms with Crippen molar-refractivity contribution in [2.45, 2.75) is 30.8 Å². The number of piperidine rings is 1. The van der Waals surface area contributed by atoms with Gasteiger partial charge in [0.2, 0.25) is 0 Å². The molecule has 3 aliphatic rings. The second-order valence-corrected chi connectivity index (χ2v) is 9.30. The number of benzene rings is 2. The summed E-state index contributed by atoms with van der Waals surface area (Å²) >= 11 is 0. The van der Waals surface area contributed by atoms with Gasteiger partial charge in [-0.1, -0.05) is 12.1 Å². The molecule has 0 aromatic heterocycles. The molecule has 5 rings (SSSR count). The minimum Gasteiger partial charge on any atom is -0.303 e. The van der Waals surface area contributed by atoms with Crippen LogP contribution in [0.2, 0.25) is 0 Å². The SMILES string of the molecule is Fc1ccc(C2NNCC2CN2CCCC(C3NNCC3c3cc(F)ccc3F)C2)cc1. The Labute approximate surface area is 186 Å². The molecular weight excluding hydrogens is 415 g/mol. The zero-order valence-corrected chi connectivity index (χ0v) is 18.0. The van der Waals surface area contributed by atoms with Crippen LogP contribution in [0.3, 0.4) is 0 Å². The van der Waals surface area contributed by atoms with Crippen LogP contribution in [-0.2, 0) is 0 Å². The molecule has 4 N–H and O–H groups in total. The van der Waals surface area contributed by atoms with Crippen molar-refractivity contribution in [3.8, 4) is 0 Å². The lowest BCUT2D eigenvalue weighted by Crippen LogP contribution is -2.48. The first-order chi connectivity index (χ1) is 15.6. The summed E-state index contributed by atoms with van der Waals surface area (Å²) in [5, 5.41) is 0. The molecule has 5 unspecified atom stereocenters. The summed E-state index contributed by atoms with van der Waals surface area (Å²) in [6, 6.07) is 10.6. The van der Waals surface area contributed by atoms with Crippen molar-refractivity contribution in [1.82, 2.24) is 26.6 Å². The number of hydrogen-bond acceptors (Lipinski definition) is 5. The van der Waals surface area contributed by atoms with Crippen molar-refractivity contribution in [3.63, 3.8) is 0 Å². The van der Waals surface area contributed by atoms with Gasteiger partial charge in [0, 0.05) is 44.1 Å². The molecule has 3 fully saturated rings. The second-order valence-electron chi connectivity index (χ2n) is 9.30. The van der Waals surface area contributed by atoms with Crippen molar-refractivity contribution >= 4 is 0 Å². The average molecular weight is 446 g/mol. The van der Waals surface area contributed by atoms with Crippen molar-refractivity contribution in [3.05, 3.63) is 71.0 Å². The Morgan fingerprint density at radius 2 is 1.69 bits per heavy atom. The monoisotopic (exact) mass is 445 g/mol. The normalized spacial score (nSPS) is 31.3. The van der Waals surface area contributed by atoms with Gasteiger partial charge in [-0.05, 0) is 66.8 Å². The highest BCUT2D eigenvalue weighted by Crippen LogP contribution is 2.34. The molecule has 3 aliphatic heterocycles. The molecule has 0 spiro atoms. The maximum atomic E-state index is 14.5. The van der Waals surface area contributed by atoms with E-state index in [1.54, 1.807) is 0 Å². The highest BCUT2D eigenvalue weighted by Gasteiger charge is 2.39. The topological polar surface area (TPSA) is 51.4 Å². The summed E-state index contributed by atoms with van der Waals surface area (Å²) in [6.07, 6.45) is 2.14. The molecule has 2 aromatic carbocycles. The Hall–Kier alpha value is -1.97. The minimum atomic E-state index is -0.398. The van der Waals surface area contributed by atoms with E-state index >= 15 is 0 Å². The predicted molar refractivity (Wildman–Crippen MR) is 117 cm³/mol. The lowest BCUT2D eigenvalue weighted by molar-refractivity contribution is 0.126. The molecule has 5 nitrogen and oxygen atoms in total. The summed E-state index contributed by atoms with van der Waals surface area (Å²) in [6.45, 7) is 4.31. The molecule has 0 aliphatic carbocycles. The number of nitrogens with one attached hydrogen (secondary N) is 4. The van der Waals surface area contributed by atoms with Crippen LogP contribution < -0.4 is 21.7 Å². The van der Waals surface area contributed by atoms with Crippen molar-refractivity contribution in [2.24, 2.45) is 11.8 Å². The highest BCUT2D eigenvalue weighted by molar-refractivity contribution is 5.26. The summed E-state index contributed by atoms with van der Waals surface area (Å²) in [7, 11) is 0. The second kappa shape index (κ2) is 9.49. The molecule has 0 amide bonds. The van der Waals surface area contributed by atoms with E-state index in [1.807, 2.05) is 12.1 Å². The summed E-state index contributed by atoms with van der Waals surface area (Å²) in [5.41, 5.74) is 14.7. The van der Waals surface area contributed by atoms with Crippen molar-refractivity contribution < 1.29 is 13.2 Å². The maximum Gasteiger partial charge on any atom is 0.126 e. The molecule has 0 saturated carbocycles. The Balaban J connectivity index is 1.26. The third-order valence-electron chi connectivity index (χ3n) is 7.25. The molecule has 0 radical (unpaired) electrons. The summed E-state index contributed by atoms with van der Waals surface area (Å²) in [4.78, 5) is 2.49. The van der Waals surface area contributed by atoms with Gasteiger partial charge in [-0.3, -0.25) is 16.3 Å². The van der Waals surface area contributed by atoms with E-state index in [0.717, 1.165) is 44.6 Å². The van der Waals surface area contributed by atoms with Crippen molar-refractivity contribution in [2.75, 3.05) is 32.7 Å². The van der Waals surface area contributed by atoms with Gasteiger partial charge in [0.25, 0.3) is 0 Å². The Morgan fingerprint density at radius 3 is 2.53 bits per heavy atom. The first-order valence-electron chi connectivity index (χ1n) is 11.5. The van der Waals surface area contributed by atoms with Crippen LogP contribution in [0, 0.1) is 29.3 Å². The molecular formula is C24H30F3N5. The van der Waals surface area contributed by atoms with E-state index in [2.05, 4.69) is 26.6 Å². The number of nitrogens with zero attached hydrogens (tertiary/aromatic N) is 1. The number of hydrogen-bond donors (Lipinski definition) is 4. The number of halogens is 3. The van der Waals surface area contributed by atoms with Gasteiger partial charge in [0.15, 0.2) is 0 Å². The maximum absolute atomic E-state index is 14.5. The van der Waals surface area contributed by atoms with Gasteiger partial charge in [-0.25, -0.2) is 18.6 Å². The van der Waals surface area contributed by atoms with Crippen molar-refractivity contribution in [1.29, 1.82) is 0 Å². The van der Waals surface area contributed by atoms with E-state index in [-0.39, 0.29) is 29.6 Å². The largest absolute Gasteiger partial charge is 0.303 e. The third-order valence-corrected chi connectivity index (χ3v) is 7.25. The Morgan fingerprint density at radius 1 is 0.906 bits per heavy atom. The minimum absolute atomic E-state index is 0.0572. The van der Waals surface area contributed by atoms with Gasteiger partial charge in [-0.2, -0.15) is 0 Å². The fourth-order valence-corrected chi connectivity index (χ4v) is 5.68. The van der Waals surface area contributed by atoms with E-state index in [9.17, 15) is 13.2 Å². The number of hydrazine groups is 2. The highest BCUT2D eigenvalue weighted by atomic mass is 19.1. The molecule has 2 aromatic rings. The van der Waals surface area contributed by atoms with E-state index < -0.39 is 5.82 Å². The van der Waals surface area contributed by atoms with Gasteiger partial charge >= 0.3 is 0 Å². The molecule has 3 saturated heterocycles. The summed E-state index contributed by atoms with van der Waals surface area (Å²) < 4.78 is 41.6. The first-order valence-corrected chi connectivity index (χ1v) is 11.5. The quantitative estimate of drug-likeness (QED) is 0.570. The number of likely N-dealkylation sites (tertiary alicyclic amines) is 1. The van der Waals surface area contributed by atoms with E-state index in [0.29, 0.717) is 23.9 Å². The van der Waals surface area contributed by atoms with E-state index in [4.69, 9.17) is 0 Å².